The maximum absolute atomic E-state index is 13.2. The zero-order valence-corrected chi connectivity index (χ0v) is 23.7. The fraction of sp³-hybridized carbons (Fsp3) is 0.250. The fourth-order valence-corrected chi connectivity index (χ4v) is 4.02. The number of nitrogens with one attached hydrogen (secondary N) is 3. The van der Waals surface area contributed by atoms with E-state index in [0.717, 1.165) is 11.2 Å². The molecule has 0 aliphatic carbocycles. The lowest BCUT2D eigenvalue weighted by atomic mass is 10.1. The van der Waals surface area contributed by atoms with Gasteiger partial charge in [0.25, 0.3) is 0 Å². The highest BCUT2D eigenvalue weighted by Crippen LogP contribution is 2.29. The van der Waals surface area contributed by atoms with E-state index in [-0.39, 0.29) is 37.8 Å². The Labute approximate surface area is 243 Å². The van der Waals surface area contributed by atoms with E-state index >= 15 is 0 Å². The average Bonchev–Trinajstić information content (AvgIpc) is 3.38. The minimum atomic E-state index is -0.677. The number of aromatic nitrogens is 3. The predicted octanol–water partition coefficient (Wildman–Crippen LogP) is 4.55. The molecule has 0 unspecified atom stereocenters. The predicted molar refractivity (Wildman–Crippen MR) is 158 cm³/mol. The van der Waals surface area contributed by atoms with Gasteiger partial charge in [-0.3, -0.25) is 15.1 Å². The molecule has 0 fully saturated rings. The zero-order valence-electron chi connectivity index (χ0n) is 22.9. The number of pyridine rings is 1. The molecule has 2 aromatic heterocycles. The van der Waals surface area contributed by atoms with Crippen LogP contribution in [0.3, 0.4) is 0 Å². The summed E-state index contributed by atoms with van der Waals surface area (Å²) in [6.45, 7) is 4.20. The lowest BCUT2D eigenvalue weighted by Gasteiger charge is -2.21. The molecule has 0 saturated heterocycles. The lowest BCUT2D eigenvalue weighted by molar-refractivity contribution is -0.142. The Bertz CT molecular complexity index is 1530. The molecule has 2 heterocycles. The number of anilines is 2. The Morgan fingerprint density at radius 2 is 1.95 bits per heavy atom. The maximum Gasteiger partial charge on any atom is 0.420 e. The van der Waals surface area contributed by atoms with Gasteiger partial charge in [0.15, 0.2) is 0 Å². The van der Waals surface area contributed by atoms with Gasteiger partial charge in [-0.2, -0.15) is 0 Å². The number of hydrogen-bond acceptors (Lipinski definition) is 9. The summed E-state index contributed by atoms with van der Waals surface area (Å²) >= 11 is 0. The number of imidazole rings is 1. The number of benzene rings is 2. The quantitative estimate of drug-likeness (QED) is 0.113. The molecular weight excluding hydrogens is 550 g/mol. The van der Waals surface area contributed by atoms with Crippen LogP contribution in [0.2, 0.25) is 0 Å². The van der Waals surface area contributed by atoms with Crippen LogP contribution >= 0.6 is 12.4 Å². The van der Waals surface area contributed by atoms with Gasteiger partial charge in [0, 0.05) is 23.9 Å². The molecule has 41 heavy (non-hydrogen) atoms. The van der Waals surface area contributed by atoms with E-state index < -0.39 is 12.1 Å². The summed E-state index contributed by atoms with van der Waals surface area (Å²) in [4.78, 5) is 38.6. The van der Waals surface area contributed by atoms with Gasteiger partial charge in [-0.15, -0.1) is 12.4 Å². The Hall–Kier alpha value is -4.84. The molecule has 13 heteroatoms. The number of amides is 1. The van der Waals surface area contributed by atoms with Crippen molar-refractivity contribution in [3.05, 3.63) is 71.7 Å². The first-order chi connectivity index (χ1) is 19.3. The third-order valence-corrected chi connectivity index (χ3v) is 6.05. The number of hydrogen-bond donors (Lipinski definition) is 4. The number of carbonyl (C=O) groups excluding carboxylic acids is 2. The fourth-order valence-electron chi connectivity index (χ4n) is 4.02. The Balaban J connectivity index is 0.00000462. The Kier molecular flexibility index (Phi) is 10.5. The zero-order chi connectivity index (χ0) is 28.6. The third kappa shape index (κ3) is 7.42. The number of nitrogens with two attached hydrogens (primary N) is 1. The summed E-state index contributed by atoms with van der Waals surface area (Å²) < 4.78 is 16.2. The largest absolute Gasteiger partial charge is 0.495 e. The summed E-state index contributed by atoms with van der Waals surface area (Å²) in [5, 5.41) is 10.9. The van der Waals surface area contributed by atoms with Gasteiger partial charge in [-0.25, -0.2) is 14.8 Å². The van der Waals surface area contributed by atoms with E-state index in [1.807, 2.05) is 6.92 Å². The highest BCUT2D eigenvalue weighted by atomic mass is 35.5. The smallest absolute Gasteiger partial charge is 0.420 e. The number of esters is 1. The number of nitrogen functional groups attached to an aromatic ring is 1. The van der Waals surface area contributed by atoms with Crippen molar-refractivity contribution in [1.29, 1.82) is 5.41 Å². The number of methoxy groups -OCH3 is 1. The monoisotopic (exact) mass is 581 g/mol. The van der Waals surface area contributed by atoms with E-state index in [0.29, 0.717) is 46.3 Å². The van der Waals surface area contributed by atoms with E-state index in [2.05, 4.69) is 20.3 Å². The Morgan fingerprint density at radius 1 is 1.15 bits per heavy atom. The second-order valence-corrected chi connectivity index (χ2v) is 8.71. The van der Waals surface area contributed by atoms with Gasteiger partial charge in [0.2, 0.25) is 0 Å². The summed E-state index contributed by atoms with van der Waals surface area (Å²) in [5.41, 5.74) is 8.95. The minimum absolute atomic E-state index is 0. The van der Waals surface area contributed by atoms with Crippen molar-refractivity contribution in [2.75, 3.05) is 30.5 Å². The van der Waals surface area contributed by atoms with Crippen LogP contribution in [-0.2, 0) is 16.1 Å². The molecule has 0 saturated carbocycles. The number of halogens is 1. The van der Waals surface area contributed by atoms with Crippen LogP contribution in [0.1, 0.15) is 30.3 Å². The number of carbonyl (C=O) groups is 2. The van der Waals surface area contributed by atoms with Crippen molar-refractivity contribution < 1.29 is 23.8 Å². The molecule has 4 rings (SSSR count). The molecule has 1 amide bonds. The molecule has 0 aliphatic rings. The highest BCUT2D eigenvalue weighted by molar-refractivity contribution is 5.96. The van der Waals surface area contributed by atoms with Crippen LogP contribution in [0.15, 0.2) is 54.7 Å². The van der Waals surface area contributed by atoms with E-state index in [1.165, 1.54) is 4.90 Å². The maximum atomic E-state index is 13.2. The summed E-state index contributed by atoms with van der Waals surface area (Å²) in [6.07, 6.45) is 0.878. The second kappa shape index (κ2) is 14.0. The van der Waals surface area contributed by atoms with E-state index in [1.54, 1.807) is 68.8 Å². The van der Waals surface area contributed by atoms with Crippen LogP contribution < -0.4 is 25.4 Å². The minimum Gasteiger partial charge on any atom is -0.495 e. The first kappa shape index (κ1) is 30.7. The summed E-state index contributed by atoms with van der Waals surface area (Å²) in [6, 6.07) is 13.8. The van der Waals surface area contributed by atoms with Gasteiger partial charge >= 0.3 is 12.1 Å². The standard InChI is InChI=1S/C28H31N7O5.ClH/c1-4-39-25(36)12-14-35(24-7-5-6-13-31-24)28(37)40-21-11-10-20-26(17(21)2)34-23(33-20)16-32-19-9-8-18(27(29)30)15-22(19)38-3;/h5-11,13,15,32H,4,12,14,16H2,1-3H3,(H3,29,30)(H,33,34);1H. The number of amidine groups is 1. The molecule has 2 aromatic carbocycles. The summed E-state index contributed by atoms with van der Waals surface area (Å²) in [5.74, 6) is 1.44. The number of H-pyrrole nitrogens is 1. The van der Waals surface area contributed by atoms with Crippen LogP contribution in [0, 0.1) is 12.3 Å². The van der Waals surface area contributed by atoms with Crippen LogP contribution in [-0.4, -0.2) is 53.1 Å². The normalized spacial score (nSPS) is 10.4. The molecule has 12 nitrogen and oxygen atoms in total. The first-order valence-electron chi connectivity index (χ1n) is 12.6. The van der Waals surface area contributed by atoms with Gasteiger partial charge in [-0.1, -0.05) is 6.07 Å². The topological polar surface area (TPSA) is 169 Å². The molecule has 216 valence electrons. The van der Waals surface area contributed by atoms with Crippen LogP contribution in [0.25, 0.3) is 11.0 Å². The Morgan fingerprint density at radius 3 is 2.63 bits per heavy atom. The third-order valence-electron chi connectivity index (χ3n) is 6.05. The van der Waals surface area contributed by atoms with Gasteiger partial charge in [0.1, 0.15) is 29.0 Å². The number of ether oxygens (including phenoxy) is 3. The van der Waals surface area contributed by atoms with Gasteiger partial charge in [0.05, 0.1) is 43.4 Å². The number of aryl methyl sites for hydroxylation is 1. The van der Waals surface area contributed by atoms with Gasteiger partial charge in [-0.05, 0) is 56.3 Å². The molecule has 0 aliphatic heterocycles. The molecule has 0 atom stereocenters. The van der Waals surface area contributed by atoms with Crippen molar-refractivity contribution in [1.82, 2.24) is 15.0 Å². The van der Waals surface area contributed by atoms with Crippen molar-refractivity contribution in [2.45, 2.75) is 26.8 Å². The first-order valence-corrected chi connectivity index (χ1v) is 12.6. The van der Waals surface area contributed by atoms with Gasteiger partial charge < -0.3 is 30.2 Å². The van der Waals surface area contributed by atoms with Crippen molar-refractivity contribution in [3.63, 3.8) is 0 Å². The molecule has 0 radical (unpaired) electrons. The SMILES string of the molecule is CCOC(=O)CCN(C(=O)Oc1ccc2[nH]c(CNc3ccc(C(=N)N)cc3OC)nc2c1C)c1ccccn1.Cl. The van der Waals surface area contributed by atoms with E-state index in [9.17, 15) is 9.59 Å². The number of rotatable bonds is 11. The molecule has 4 aromatic rings. The van der Waals surface area contributed by atoms with E-state index in [4.69, 9.17) is 25.4 Å². The number of aromatic amines is 1. The molecule has 5 N–H and O–H groups in total. The van der Waals surface area contributed by atoms with Crippen LogP contribution in [0.4, 0.5) is 16.3 Å². The molecular formula is C28H32ClN7O5. The number of nitrogens with zero attached hydrogens (tertiary/aromatic N) is 3. The second-order valence-electron chi connectivity index (χ2n) is 8.71. The van der Waals surface area contributed by atoms with Crippen molar-refractivity contribution >= 4 is 52.8 Å². The number of fused-ring (bicyclic) bond motifs is 1. The molecule has 0 bridgehead atoms. The summed E-state index contributed by atoms with van der Waals surface area (Å²) in [7, 11) is 1.55. The average molecular weight is 582 g/mol. The lowest BCUT2D eigenvalue weighted by Crippen LogP contribution is -2.36. The molecule has 0 spiro atoms. The van der Waals surface area contributed by atoms with Crippen molar-refractivity contribution in [2.24, 2.45) is 5.73 Å². The van der Waals surface area contributed by atoms with Crippen molar-refractivity contribution in [3.8, 4) is 11.5 Å². The highest BCUT2D eigenvalue weighted by Gasteiger charge is 2.22. The van der Waals surface area contributed by atoms with Crippen LogP contribution in [0.5, 0.6) is 11.5 Å².